The van der Waals surface area contributed by atoms with Gasteiger partial charge in [-0.2, -0.15) is 5.10 Å². The number of benzene rings is 2. The van der Waals surface area contributed by atoms with E-state index in [1.54, 1.807) is 16.8 Å². The first kappa shape index (κ1) is 27.0. The van der Waals surface area contributed by atoms with Crippen molar-refractivity contribution < 1.29 is 22.8 Å². The minimum Gasteiger partial charge on any atom is -0.467 e. The van der Waals surface area contributed by atoms with Crippen LogP contribution in [0.1, 0.15) is 27.7 Å². The molecule has 0 fully saturated rings. The minimum absolute atomic E-state index is 0.0285. The Morgan fingerprint density at radius 1 is 1.12 bits per heavy atom. The number of para-hydroxylation sites is 1. The summed E-state index contributed by atoms with van der Waals surface area (Å²) in [5.74, 6) is -1.21. The van der Waals surface area contributed by atoms with E-state index in [1.807, 2.05) is 48.7 Å². The SMILES string of the molecule is Cc1ccccc1-n1nc(-c2cccs2)c2c1N(CC(=O)NCc1ccco1)C(=O)CS[C@H]2c1ccc(F)cc1F. The Morgan fingerprint density at radius 3 is 2.71 bits per heavy atom. The molecule has 1 N–H and O–H groups in total. The molecule has 0 unspecified atom stereocenters. The van der Waals surface area contributed by atoms with E-state index < -0.39 is 22.8 Å². The fourth-order valence-electron chi connectivity index (χ4n) is 4.84. The van der Waals surface area contributed by atoms with Gasteiger partial charge in [0.1, 0.15) is 35.5 Å². The molecule has 0 saturated carbocycles. The molecule has 0 aliphatic carbocycles. The van der Waals surface area contributed by atoms with Crippen LogP contribution in [0.4, 0.5) is 14.6 Å². The quantitative estimate of drug-likeness (QED) is 0.242. The van der Waals surface area contributed by atoms with Crippen LogP contribution in [0.25, 0.3) is 16.3 Å². The summed E-state index contributed by atoms with van der Waals surface area (Å²) in [6.45, 7) is 1.81. The van der Waals surface area contributed by atoms with Crippen molar-refractivity contribution in [1.82, 2.24) is 15.1 Å². The zero-order valence-electron chi connectivity index (χ0n) is 21.8. The number of thioether (sulfide) groups is 1. The average Bonchev–Trinajstić information content (AvgIpc) is 3.72. The van der Waals surface area contributed by atoms with Gasteiger partial charge in [-0.3, -0.25) is 14.5 Å². The Kier molecular flexibility index (Phi) is 7.46. The fraction of sp³-hybridized carbons (Fsp3) is 0.167. The summed E-state index contributed by atoms with van der Waals surface area (Å²) in [7, 11) is 0. The van der Waals surface area contributed by atoms with Crippen LogP contribution in [0, 0.1) is 18.6 Å². The number of nitrogens with zero attached hydrogens (tertiary/aromatic N) is 3. The van der Waals surface area contributed by atoms with Crippen molar-refractivity contribution in [1.29, 1.82) is 0 Å². The van der Waals surface area contributed by atoms with Crippen molar-refractivity contribution in [3.05, 3.63) is 112 Å². The number of aromatic nitrogens is 2. The van der Waals surface area contributed by atoms with Crippen molar-refractivity contribution in [2.24, 2.45) is 0 Å². The van der Waals surface area contributed by atoms with Crippen LogP contribution in [0.3, 0.4) is 0 Å². The number of hydrogen-bond acceptors (Lipinski definition) is 6. The standard InChI is InChI=1S/C30H24F2N4O3S2/c1-18-6-2-3-8-23(18)36-30-27(28(34-36)24-9-5-13-40-24)29(21-11-10-19(31)14-22(21)32)41-17-26(38)35(30)16-25(37)33-15-20-7-4-12-39-20/h2-14,29H,15-17H2,1H3,(H,33,37)/t29-/m0/s1. The molecule has 1 aliphatic heterocycles. The average molecular weight is 591 g/mol. The number of thiophene rings is 1. The summed E-state index contributed by atoms with van der Waals surface area (Å²) in [6, 6.07) is 18.3. The summed E-state index contributed by atoms with van der Waals surface area (Å²) >= 11 is 2.69. The molecule has 0 radical (unpaired) electrons. The third kappa shape index (κ3) is 5.30. The van der Waals surface area contributed by atoms with Gasteiger partial charge in [0.15, 0.2) is 0 Å². The van der Waals surface area contributed by atoms with E-state index in [9.17, 15) is 14.0 Å². The highest BCUT2D eigenvalue weighted by Crippen LogP contribution is 2.49. The number of hydrogen-bond donors (Lipinski definition) is 1. The first-order chi connectivity index (χ1) is 19.9. The van der Waals surface area contributed by atoms with Gasteiger partial charge in [0.05, 0.1) is 34.4 Å². The van der Waals surface area contributed by atoms with E-state index in [4.69, 9.17) is 9.52 Å². The molecule has 208 valence electrons. The zero-order valence-corrected chi connectivity index (χ0v) is 23.5. The van der Waals surface area contributed by atoms with Gasteiger partial charge in [-0.15, -0.1) is 23.1 Å². The number of amides is 2. The van der Waals surface area contributed by atoms with Gasteiger partial charge in [-0.05, 0) is 48.2 Å². The summed E-state index contributed by atoms with van der Waals surface area (Å²) in [5.41, 5.74) is 2.99. The van der Waals surface area contributed by atoms with Crippen LogP contribution in [0.2, 0.25) is 0 Å². The topological polar surface area (TPSA) is 80.4 Å². The van der Waals surface area contributed by atoms with E-state index >= 15 is 4.39 Å². The maximum atomic E-state index is 15.3. The lowest BCUT2D eigenvalue weighted by molar-refractivity contribution is -0.123. The number of rotatable bonds is 7. The molecule has 4 heterocycles. The molecular formula is C30H24F2N4O3S2. The molecule has 1 atom stereocenters. The molecule has 11 heteroatoms. The highest BCUT2D eigenvalue weighted by molar-refractivity contribution is 8.00. The number of halogens is 2. The number of nitrogens with one attached hydrogen (secondary N) is 1. The number of fused-ring (bicyclic) bond motifs is 1. The molecule has 41 heavy (non-hydrogen) atoms. The number of anilines is 1. The van der Waals surface area contributed by atoms with Crippen LogP contribution in [-0.2, 0) is 16.1 Å². The van der Waals surface area contributed by atoms with Gasteiger partial charge in [0, 0.05) is 17.2 Å². The second kappa shape index (κ2) is 11.3. The minimum atomic E-state index is -0.716. The zero-order chi connectivity index (χ0) is 28.5. The Hall–Kier alpha value is -4.22. The predicted octanol–water partition coefficient (Wildman–Crippen LogP) is 6.27. The van der Waals surface area contributed by atoms with Gasteiger partial charge in [0.2, 0.25) is 11.8 Å². The molecule has 3 aromatic heterocycles. The molecule has 2 amide bonds. The summed E-state index contributed by atoms with van der Waals surface area (Å²) in [5, 5.41) is 9.01. The van der Waals surface area contributed by atoms with E-state index in [-0.39, 0.29) is 30.3 Å². The first-order valence-electron chi connectivity index (χ1n) is 12.8. The van der Waals surface area contributed by atoms with E-state index in [2.05, 4.69) is 5.32 Å². The van der Waals surface area contributed by atoms with Gasteiger partial charge >= 0.3 is 0 Å². The van der Waals surface area contributed by atoms with Gasteiger partial charge in [0.25, 0.3) is 0 Å². The van der Waals surface area contributed by atoms with Crippen LogP contribution in [0.5, 0.6) is 0 Å². The van der Waals surface area contributed by atoms with E-state index in [0.29, 0.717) is 28.5 Å². The van der Waals surface area contributed by atoms with Crippen LogP contribution < -0.4 is 10.2 Å². The third-order valence-corrected chi connectivity index (χ3v) is 8.89. The Bertz CT molecular complexity index is 1720. The molecule has 2 aromatic carbocycles. The van der Waals surface area contributed by atoms with Crippen molar-refractivity contribution in [2.45, 2.75) is 18.7 Å². The van der Waals surface area contributed by atoms with Crippen molar-refractivity contribution in [2.75, 3.05) is 17.2 Å². The van der Waals surface area contributed by atoms with Crippen molar-refractivity contribution in [3.63, 3.8) is 0 Å². The molecule has 5 aromatic rings. The van der Waals surface area contributed by atoms with E-state index in [1.165, 1.54) is 46.4 Å². The summed E-state index contributed by atoms with van der Waals surface area (Å²) in [4.78, 5) is 29.2. The number of aryl methyl sites for hydroxylation is 1. The van der Waals surface area contributed by atoms with Gasteiger partial charge in [-0.1, -0.05) is 30.3 Å². The normalized spacial score (nSPS) is 15.0. The smallest absolute Gasteiger partial charge is 0.240 e. The molecule has 1 aliphatic rings. The molecule has 7 nitrogen and oxygen atoms in total. The number of carbonyl (C=O) groups is 2. The van der Waals surface area contributed by atoms with Crippen LogP contribution >= 0.6 is 23.1 Å². The van der Waals surface area contributed by atoms with Crippen LogP contribution in [0.15, 0.2) is 82.8 Å². The highest BCUT2D eigenvalue weighted by atomic mass is 32.2. The lowest BCUT2D eigenvalue weighted by Crippen LogP contribution is -2.42. The third-order valence-electron chi connectivity index (χ3n) is 6.77. The predicted molar refractivity (Wildman–Crippen MR) is 155 cm³/mol. The van der Waals surface area contributed by atoms with Gasteiger partial charge in [-0.25, -0.2) is 13.5 Å². The van der Waals surface area contributed by atoms with Crippen LogP contribution in [-0.4, -0.2) is 33.9 Å². The maximum Gasteiger partial charge on any atom is 0.240 e. The molecular weight excluding hydrogens is 566 g/mol. The van der Waals surface area contributed by atoms with Crippen molar-refractivity contribution >= 4 is 40.7 Å². The van der Waals surface area contributed by atoms with Gasteiger partial charge < -0.3 is 9.73 Å². The first-order valence-corrected chi connectivity index (χ1v) is 14.7. The number of carbonyl (C=O) groups excluding carboxylic acids is 2. The molecule has 0 saturated heterocycles. The van der Waals surface area contributed by atoms with Crippen molar-refractivity contribution in [3.8, 4) is 16.3 Å². The van der Waals surface area contributed by atoms with E-state index in [0.717, 1.165) is 16.5 Å². The second-order valence-corrected chi connectivity index (χ2v) is 11.5. The lowest BCUT2D eigenvalue weighted by Gasteiger charge is -2.23. The Morgan fingerprint density at radius 2 is 1.98 bits per heavy atom. The Balaban J connectivity index is 1.55. The monoisotopic (exact) mass is 590 g/mol. The second-order valence-electron chi connectivity index (χ2n) is 9.45. The fourth-order valence-corrected chi connectivity index (χ4v) is 6.78. The lowest BCUT2D eigenvalue weighted by atomic mass is 10.0. The number of furan rings is 1. The summed E-state index contributed by atoms with van der Waals surface area (Å²) < 4.78 is 36.2. The maximum absolute atomic E-state index is 15.3. The highest BCUT2D eigenvalue weighted by Gasteiger charge is 2.39. The molecule has 6 rings (SSSR count). The Labute approximate surface area is 242 Å². The molecule has 0 bridgehead atoms. The molecule has 0 spiro atoms. The summed E-state index contributed by atoms with van der Waals surface area (Å²) in [6.07, 6.45) is 1.52. The largest absolute Gasteiger partial charge is 0.467 e.